The molecule has 2 rings (SSSR count). The number of hydrogen-bond donors (Lipinski definition) is 0. The van der Waals surface area contributed by atoms with Crippen LogP contribution in [0.5, 0.6) is 0 Å². The highest BCUT2D eigenvalue weighted by Crippen LogP contribution is 2.28. The van der Waals surface area contributed by atoms with Crippen molar-refractivity contribution in [3.8, 4) is 0 Å². The highest BCUT2D eigenvalue weighted by atomic mass is 16.1. The molecule has 0 aromatic heterocycles. The monoisotopic (exact) mass is 223 g/mol. The molecule has 2 fully saturated rings. The van der Waals surface area contributed by atoms with Crippen molar-refractivity contribution < 1.29 is 4.79 Å². The Hall–Kier alpha value is -0.370. The first-order valence-corrected chi connectivity index (χ1v) is 6.95. The van der Waals surface area contributed by atoms with Gasteiger partial charge in [0.25, 0.3) is 0 Å². The number of carbonyl (C=O) groups is 1. The predicted molar refractivity (Wildman–Crippen MR) is 66.4 cm³/mol. The summed E-state index contributed by atoms with van der Waals surface area (Å²) >= 11 is 0. The van der Waals surface area contributed by atoms with Crippen LogP contribution in [-0.2, 0) is 4.79 Å². The molecule has 0 aromatic carbocycles. The lowest BCUT2D eigenvalue weighted by Crippen LogP contribution is -2.39. The highest BCUT2D eigenvalue weighted by molar-refractivity contribution is 5.84. The molecule has 2 nitrogen and oxygen atoms in total. The molecule has 1 heterocycles. The van der Waals surface area contributed by atoms with E-state index in [9.17, 15) is 4.79 Å². The van der Waals surface area contributed by atoms with Gasteiger partial charge in [0.05, 0.1) is 6.04 Å². The van der Waals surface area contributed by atoms with Crippen LogP contribution in [0.3, 0.4) is 0 Å². The molecule has 0 amide bonds. The number of hydrogen-bond acceptors (Lipinski definition) is 2. The van der Waals surface area contributed by atoms with E-state index in [0.717, 1.165) is 44.2 Å². The Morgan fingerprint density at radius 1 is 1.19 bits per heavy atom. The van der Waals surface area contributed by atoms with E-state index in [2.05, 4.69) is 18.7 Å². The first kappa shape index (κ1) is 12.1. The molecule has 1 aliphatic carbocycles. The van der Waals surface area contributed by atoms with E-state index in [1.807, 2.05) is 0 Å². The fourth-order valence-corrected chi connectivity index (χ4v) is 3.17. The molecule has 0 spiro atoms. The van der Waals surface area contributed by atoms with Gasteiger partial charge in [-0.15, -0.1) is 0 Å². The van der Waals surface area contributed by atoms with Crippen molar-refractivity contribution in [2.45, 2.75) is 58.4 Å². The molecule has 1 saturated heterocycles. The van der Waals surface area contributed by atoms with Crippen LogP contribution in [0.4, 0.5) is 0 Å². The number of nitrogens with zero attached hydrogens (tertiary/aromatic N) is 1. The molecular weight excluding hydrogens is 198 g/mol. The Labute approximate surface area is 99.4 Å². The lowest BCUT2D eigenvalue weighted by molar-refractivity contribution is -0.123. The summed E-state index contributed by atoms with van der Waals surface area (Å²) < 4.78 is 0. The Bertz CT molecular complexity index is 249. The van der Waals surface area contributed by atoms with Gasteiger partial charge in [-0.25, -0.2) is 0 Å². The standard InChI is InChI=1S/C14H25NO/c1-11(2)12-8-9-15(10-12)13-6-4-3-5-7-14(13)16/h11-13H,3-10H2,1-2H3. The van der Waals surface area contributed by atoms with E-state index < -0.39 is 0 Å². The lowest BCUT2D eigenvalue weighted by Gasteiger charge is -2.26. The topological polar surface area (TPSA) is 20.3 Å². The van der Waals surface area contributed by atoms with Crippen LogP contribution >= 0.6 is 0 Å². The summed E-state index contributed by atoms with van der Waals surface area (Å²) in [6.45, 7) is 6.93. The minimum Gasteiger partial charge on any atom is -0.298 e. The first-order valence-electron chi connectivity index (χ1n) is 6.95. The molecule has 1 aliphatic heterocycles. The largest absolute Gasteiger partial charge is 0.298 e. The van der Waals surface area contributed by atoms with Crippen molar-refractivity contribution in [2.75, 3.05) is 13.1 Å². The third-order valence-corrected chi connectivity index (χ3v) is 4.41. The molecule has 2 aliphatic rings. The normalized spacial score (nSPS) is 33.3. The molecule has 0 radical (unpaired) electrons. The minimum atomic E-state index is 0.270. The minimum absolute atomic E-state index is 0.270. The third-order valence-electron chi connectivity index (χ3n) is 4.41. The summed E-state index contributed by atoms with van der Waals surface area (Å²) in [7, 11) is 0. The van der Waals surface area contributed by atoms with Crippen LogP contribution < -0.4 is 0 Å². The van der Waals surface area contributed by atoms with E-state index in [1.165, 1.54) is 19.3 Å². The first-order chi connectivity index (χ1) is 7.68. The average molecular weight is 223 g/mol. The van der Waals surface area contributed by atoms with Gasteiger partial charge in [-0.2, -0.15) is 0 Å². The van der Waals surface area contributed by atoms with Gasteiger partial charge in [-0.1, -0.05) is 26.7 Å². The highest BCUT2D eigenvalue weighted by Gasteiger charge is 2.33. The second kappa shape index (κ2) is 5.31. The lowest BCUT2D eigenvalue weighted by atomic mass is 9.95. The molecule has 16 heavy (non-hydrogen) atoms. The van der Waals surface area contributed by atoms with Crippen LogP contribution in [0, 0.1) is 11.8 Å². The van der Waals surface area contributed by atoms with Crippen molar-refractivity contribution in [1.29, 1.82) is 0 Å². The zero-order valence-electron chi connectivity index (χ0n) is 10.7. The van der Waals surface area contributed by atoms with Gasteiger partial charge in [0, 0.05) is 13.0 Å². The second-order valence-electron chi connectivity index (χ2n) is 5.87. The van der Waals surface area contributed by atoms with Crippen LogP contribution in [0.25, 0.3) is 0 Å². The predicted octanol–water partition coefficient (Wildman–Crippen LogP) is 2.87. The summed E-state index contributed by atoms with van der Waals surface area (Å²) in [6, 6.07) is 0.270. The SMILES string of the molecule is CC(C)C1CCN(C2CCCCCC2=O)C1. The number of rotatable bonds is 2. The van der Waals surface area contributed by atoms with E-state index in [4.69, 9.17) is 0 Å². The van der Waals surface area contributed by atoms with Gasteiger partial charge >= 0.3 is 0 Å². The Morgan fingerprint density at radius 3 is 2.69 bits per heavy atom. The number of likely N-dealkylation sites (tertiary alicyclic amines) is 1. The van der Waals surface area contributed by atoms with E-state index >= 15 is 0 Å². The van der Waals surface area contributed by atoms with E-state index in [-0.39, 0.29) is 6.04 Å². The van der Waals surface area contributed by atoms with Gasteiger partial charge in [-0.05, 0) is 37.6 Å². The van der Waals surface area contributed by atoms with Gasteiger partial charge in [0.2, 0.25) is 0 Å². The maximum atomic E-state index is 12.0. The second-order valence-corrected chi connectivity index (χ2v) is 5.87. The average Bonchev–Trinajstić information content (AvgIpc) is 2.63. The maximum Gasteiger partial charge on any atom is 0.149 e. The number of Topliss-reactive ketones (excluding diaryl/α,β-unsaturated/α-hetero) is 1. The van der Waals surface area contributed by atoms with Gasteiger partial charge in [0.1, 0.15) is 5.78 Å². The van der Waals surface area contributed by atoms with Crippen molar-refractivity contribution in [2.24, 2.45) is 11.8 Å². The van der Waals surface area contributed by atoms with Crippen molar-refractivity contribution in [1.82, 2.24) is 4.90 Å². The molecule has 92 valence electrons. The molecule has 1 saturated carbocycles. The van der Waals surface area contributed by atoms with E-state index in [0.29, 0.717) is 5.78 Å². The van der Waals surface area contributed by atoms with E-state index in [1.54, 1.807) is 0 Å². The zero-order valence-corrected chi connectivity index (χ0v) is 10.7. The van der Waals surface area contributed by atoms with Gasteiger partial charge < -0.3 is 0 Å². The summed E-state index contributed by atoms with van der Waals surface area (Å²) in [5, 5.41) is 0. The fraction of sp³-hybridized carbons (Fsp3) is 0.929. The summed E-state index contributed by atoms with van der Waals surface area (Å²) in [6.07, 6.45) is 6.86. The molecular formula is C14H25NO. The van der Waals surface area contributed by atoms with Crippen molar-refractivity contribution in [3.63, 3.8) is 0 Å². The summed E-state index contributed by atoms with van der Waals surface area (Å²) in [5.41, 5.74) is 0. The Balaban J connectivity index is 1.94. The molecule has 0 N–H and O–H groups in total. The summed E-state index contributed by atoms with van der Waals surface area (Å²) in [5.74, 6) is 2.10. The molecule has 2 heteroatoms. The number of carbonyl (C=O) groups excluding carboxylic acids is 1. The fourth-order valence-electron chi connectivity index (χ4n) is 3.17. The smallest absolute Gasteiger partial charge is 0.149 e. The van der Waals surface area contributed by atoms with Crippen molar-refractivity contribution >= 4 is 5.78 Å². The van der Waals surface area contributed by atoms with Crippen LogP contribution in [0.2, 0.25) is 0 Å². The number of ketones is 1. The third kappa shape index (κ3) is 2.65. The molecule has 0 aromatic rings. The molecule has 0 bridgehead atoms. The quantitative estimate of drug-likeness (QED) is 0.671. The van der Waals surface area contributed by atoms with Gasteiger partial charge in [-0.3, -0.25) is 9.69 Å². The van der Waals surface area contributed by atoms with Gasteiger partial charge in [0.15, 0.2) is 0 Å². The summed E-state index contributed by atoms with van der Waals surface area (Å²) in [4.78, 5) is 14.5. The Morgan fingerprint density at radius 2 is 2.00 bits per heavy atom. The van der Waals surface area contributed by atoms with Crippen LogP contribution in [0.15, 0.2) is 0 Å². The van der Waals surface area contributed by atoms with Crippen LogP contribution in [-0.4, -0.2) is 29.8 Å². The zero-order chi connectivity index (χ0) is 11.5. The Kier molecular flexibility index (Phi) is 4.01. The maximum absolute atomic E-state index is 12.0. The van der Waals surface area contributed by atoms with Crippen molar-refractivity contribution in [3.05, 3.63) is 0 Å². The molecule has 2 unspecified atom stereocenters. The van der Waals surface area contributed by atoms with Crippen LogP contribution in [0.1, 0.15) is 52.4 Å². The molecule has 2 atom stereocenters.